The minimum absolute atomic E-state index is 0.000178. The summed E-state index contributed by atoms with van der Waals surface area (Å²) in [5.41, 5.74) is 1.15. The van der Waals surface area contributed by atoms with Gasteiger partial charge in [0.25, 0.3) is 5.91 Å². The average molecular weight is 305 g/mol. The number of hydrogen-bond donors (Lipinski definition) is 0. The highest BCUT2D eigenvalue weighted by atomic mass is 32.1. The first-order chi connectivity index (χ1) is 10.2. The van der Waals surface area contributed by atoms with Crippen molar-refractivity contribution in [3.05, 3.63) is 21.9 Å². The number of nitriles is 1. The molecule has 1 unspecified atom stereocenters. The van der Waals surface area contributed by atoms with E-state index < -0.39 is 0 Å². The molecular weight excluding hydrogens is 282 g/mol. The molecule has 2 rings (SSSR count). The van der Waals surface area contributed by atoms with Gasteiger partial charge in [-0.15, -0.1) is 11.3 Å². The fraction of sp³-hybridized carbons (Fsp3) is 0.625. The van der Waals surface area contributed by atoms with E-state index in [1.54, 1.807) is 0 Å². The second-order valence-electron chi connectivity index (χ2n) is 5.39. The van der Waals surface area contributed by atoms with E-state index in [9.17, 15) is 10.1 Å². The maximum Gasteiger partial charge on any atom is 0.264 e. The van der Waals surface area contributed by atoms with Crippen molar-refractivity contribution in [3.63, 3.8) is 0 Å². The van der Waals surface area contributed by atoms with Gasteiger partial charge in [-0.05, 0) is 29.9 Å². The predicted octanol–water partition coefficient (Wildman–Crippen LogP) is 2.76. The van der Waals surface area contributed by atoms with E-state index >= 15 is 0 Å². The molecule has 0 N–H and O–H groups in total. The average Bonchev–Trinajstić information content (AvgIpc) is 3.00. The van der Waals surface area contributed by atoms with Crippen LogP contribution in [0, 0.1) is 11.3 Å². The van der Waals surface area contributed by atoms with Gasteiger partial charge < -0.3 is 4.90 Å². The first-order valence-electron chi connectivity index (χ1n) is 7.70. The molecule has 1 atom stereocenters. The highest BCUT2D eigenvalue weighted by molar-refractivity contribution is 7.12. The van der Waals surface area contributed by atoms with Crippen LogP contribution in [0.4, 0.5) is 0 Å². The van der Waals surface area contributed by atoms with E-state index in [1.807, 2.05) is 16.3 Å². The minimum Gasteiger partial charge on any atom is -0.335 e. The first-order valence-corrected chi connectivity index (χ1v) is 8.58. The van der Waals surface area contributed by atoms with E-state index in [1.165, 1.54) is 11.3 Å². The molecule has 21 heavy (non-hydrogen) atoms. The molecule has 0 saturated carbocycles. The lowest BCUT2D eigenvalue weighted by Gasteiger charge is -2.36. The van der Waals surface area contributed by atoms with Crippen LogP contribution in [0.25, 0.3) is 0 Å². The molecule has 4 nitrogen and oxygen atoms in total. The Kier molecular flexibility index (Phi) is 5.77. The minimum atomic E-state index is 0.000178. The Balaban J connectivity index is 1.95. The molecule has 1 aromatic rings. The van der Waals surface area contributed by atoms with Crippen LogP contribution in [0.2, 0.25) is 0 Å². The number of nitrogens with zero attached hydrogens (tertiary/aromatic N) is 3. The standard InChI is InChI=1S/C16H23N3OS/c1-3-5-14(12-17)18-7-9-19(10-8-18)16(20)15-13(4-2)6-11-21-15/h6,11,14H,3-5,7-10H2,1-2H3. The van der Waals surface area contributed by atoms with Crippen LogP contribution in [0.15, 0.2) is 11.4 Å². The van der Waals surface area contributed by atoms with Crippen molar-refractivity contribution in [2.75, 3.05) is 26.2 Å². The topological polar surface area (TPSA) is 47.3 Å². The third kappa shape index (κ3) is 3.63. The highest BCUT2D eigenvalue weighted by Crippen LogP contribution is 2.21. The van der Waals surface area contributed by atoms with E-state index in [-0.39, 0.29) is 11.9 Å². The van der Waals surface area contributed by atoms with E-state index in [4.69, 9.17) is 0 Å². The van der Waals surface area contributed by atoms with Gasteiger partial charge >= 0.3 is 0 Å². The number of amides is 1. The van der Waals surface area contributed by atoms with Crippen molar-refractivity contribution in [2.24, 2.45) is 0 Å². The molecule has 1 amide bonds. The molecule has 114 valence electrons. The third-order valence-electron chi connectivity index (χ3n) is 4.08. The quantitative estimate of drug-likeness (QED) is 0.840. The van der Waals surface area contributed by atoms with Gasteiger partial charge in [0.05, 0.1) is 17.0 Å². The predicted molar refractivity (Wildman–Crippen MR) is 85.5 cm³/mol. The fourth-order valence-corrected chi connectivity index (χ4v) is 3.75. The van der Waals surface area contributed by atoms with Crippen LogP contribution in [0.1, 0.15) is 41.9 Å². The molecular formula is C16H23N3OS. The van der Waals surface area contributed by atoms with Crippen LogP contribution in [0.3, 0.4) is 0 Å². The highest BCUT2D eigenvalue weighted by Gasteiger charge is 2.27. The largest absolute Gasteiger partial charge is 0.335 e. The fourth-order valence-electron chi connectivity index (χ4n) is 2.78. The Hall–Kier alpha value is -1.38. The zero-order valence-electron chi connectivity index (χ0n) is 12.8. The number of carbonyl (C=O) groups excluding carboxylic acids is 1. The first kappa shape index (κ1) is 16.0. The number of aryl methyl sites for hydroxylation is 1. The lowest BCUT2D eigenvalue weighted by atomic mass is 10.1. The van der Waals surface area contributed by atoms with E-state index in [2.05, 4.69) is 24.8 Å². The summed E-state index contributed by atoms with van der Waals surface area (Å²) in [6, 6.07) is 4.43. The summed E-state index contributed by atoms with van der Waals surface area (Å²) in [4.78, 5) is 17.6. The normalized spacial score (nSPS) is 17.5. The summed E-state index contributed by atoms with van der Waals surface area (Å²) in [5, 5.41) is 11.2. The Bertz CT molecular complexity index is 512. The lowest BCUT2D eigenvalue weighted by molar-refractivity contribution is 0.0605. The molecule has 2 heterocycles. The second-order valence-corrected chi connectivity index (χ2v) is 6.31. The second kappa shape index (κ2) is 7.58. The molecule has 1 aliphatic heterocycles. The van der Waals surface area contributed by atoms with Gasteiger partial charge in [-0.25, -0.2) is 0 Å². The molecule has 0 radical (unpaired) electrons. The molecule has 0 aliphatic carbocycles. The SMILES string of the molecule is CCCC(C#N)N1CCN(C(=O)c2sccc2CC)CC1. The van der Waals surface area contributed by atoms with Crippen LogP contribution in [0.5, 0.6) is 0 Å². The molecule has 0 spiro atoms. The molecule has 0 aromatic carbocycles. The van der Waals surface area contributed by atoms with Gasteiger partial charge in [0.2, 0.25) is 0 Å². The maximum atomic E-state index is 12.6. The molecule has 1 aliphatic rings. The number of hydrogen-bond acceptors (Lipinski definition) is 4. The number of rotatable bonds is 5. The Labute approximate surface area is 131 Å². The number of thiophene rings is 1. The zero-order valence-corrected chi connectivity index (χ0v) is 13.7. The van der Waals surface area contributed by atoms with Gasteiger partial charge in [-0.3, -0.25) is 9.69 Å². The lowest BCUT2D eigenvalue weighted by Crippen LogP contribution is -2.51. The molecule has 1 saturated heterocycles. The molecule has 0 bridgehead atoms. The smallest absolute Gasteiger partial charge is 0.264 e. The maximum absolute atomic E-state index is 12.6. The number of carbonyl (C=O) groups is 1. The van der Waals surface area contributed by atoms with Gasteiger partial charge in [0.1, 0.15) is 0 Å². The van der Waals surface area contributed by atoms with Gasteiger partial charge in [0, 0.05) is 26.2 Å². The van der Waals surface area contributed by atoms with Crippen molar-refractivity contribution in [2.45, 2.75) is 39.2 Å². The van der Waals surface area contributed by atoms with Gasteiger partial charge in [0.15, 0.2) is 0 Å². The van der Waals surface area contributed by atoms with Gasteiger partial charge in [-0.2, -0.15) is 5.26 Å². The Morgan fingerprint density at radius 2 is 2.10 bits per heavy atom. The summed E-state index contributed by atoms with van der Waals surface area (Å²) in [6.45, 7) is 7.24. The van der Waals surface area contributed by atoms with Crippen molar-refractivity contribution in [3.8, 4) is 6.07 Å². The van der Waals surface area contributed by atoms with Crippen LogP contribution >= 0.6 is 11.3 Å². The summed E-state index contributed by atoms with van der Waals surface area (Å²) < 4.78 is 0. The number of piperazine rings is 1. The molecule has 5 heteroatoms. The molecule has 1 fully saturated rings. The van der Waals surface area contributed by atoms with Crippen molar-refractivity contribution in [1.82, 2.24) is 9.80 Å². The van der Waals surface area contributed by atoms with Crippen LogP contribution in [-0.2, 0) is 6.42 Å². The summed E-state index contributed by atoms with van der Waals surface area (Å²) in [7, 11) is 0. The summed E-state index contributed by atoms with van der Waals surface area (Å²) >= 11 is 1.54. The van der Waals surface area contributed by atoms with Crippen molar-refractivity contribution in [1.29, 1.82) is 5.26 Å². The molecule has 1 aromatic heterocycles. The summed E-state index contributed by atoms with van der Waals surface area (Å²) in [5.74, 6) is 0.158. The van der Waals surface area contributed by atoms with Crippen LogP contribution in [-0.4, -0.2) is 47.9 Å². The van der Waals surface area contributed by atoms with E-state index in [0.29, 0.717) is 0 Å². The van der Waals surface area contributed by atoms with Crippen LogP contribution < -0.4 is 0 Å². The van der Waals surface area contributed by atoms with Gasteiger partial charge in [-0.1, -0.05) is 20.3 Å². The third-order valence-corrected chi connectivity index (χ3v) is 5.02. The van der Waals surface area contributed by atoms with Crippen molar-refractivity contribution < 1.29 is 4.79 Å². The summed E-state index contributed by atoms with van der Waals surface area (Å²) in [6.07, 6.45) is 2.83. The Morgan fingerprint density at radius 1 is 1.38 bits per heavy atom. The Morgan fingerprint density at radius 3 is 2.67 bits per heavy atom. The van der Waals surface area contributed by atoms with Crippen molar-refractivity contribution >= 4 is 17.2 Å². The monoisotopic (exact) mass is 305 g/mol. The van der Waals surface area contributed by atoms with E-state index in [0.717, 1.165) is 55.9 Å². The zero-order chi connectivity index (χ0) is 15.2.